The van der Waals surface area contributed by atoms with E-state index in [9.17, 15) is 21.6 Å². The number of hydrogen-bond acceptors (Lipinski definition) is 2. The molecule has 4 nitrogen and oxygen atoms in total. The maximum atomic E-state index is 13.9. The van der Waals surface area contributed by atoms with Crippen molar-refractivity contribution in [2.45, 2.75) is 11.4 Å². The lowest BCUT2D eigenvalue weighted by atomic mass is 10.2. The van der Waals surface area contributed by atoms with E-state index in [0.717, 1.165) is 27.4 Å². The average Bonchev–Trinajstić information content (AvgIpc) is 2.58. The summed E-state index contributed by atoms with van der Waals surface area (Å²) in [5, 5.41) is 0.320. The van der Waals surface area contributed by atoms with Crippen molar-refractivity contribution < 1.29 is 26.5 Å². The van der Waals surface area contributed by atoms with Gasteiger partial charge in [-0.15, -0.1) is 0 Å². The molecule has 0 aromatic heterocycles. The number of halogens is 4. The Balaban J connectivity index is 1.72. The predicted octanol–water partition coefficient (Wildman–Crippen LogP) is 1.85. The number of nitrogens with zero attached hydrogens (tertiary/aromatic N) is 1. The Morgan fingerprint density at radius 3 is 2.08 bits per heavy atom. The molecule has 0 radical (unpaired) electrons. The molecule has 1 aliphatic heterocycles. The molecule has 1 saturated heterocycles. The second-order valence-electron chi connectivity index (χ2n) is 6.08. The molecule has 0 atom stereocenters. The van der Waals surface area contributed by atoms with Crippen LogP contribution < -0.4 is 4.90 Å². The molecule has 2 aromatic carbocycles. The van der Waals surface area contributed by atoms with E-state index in [1.54, 1.807) is 6.07 Å². The summed E-state index contributed by atoms with van der Waals surface area (Å²) in [6.07, 6.45) is 0. The first kappa shape index (κ1) is 19.2. The number of rotatable bonds is 4. The van der Waals surface area contributed by atoms with Crippen LogP contribution in [-0.4, -0.2) is 38.9 Å². The summed E-state index contributed by atoms with van der Waals surface area (Å²) >= 11 is 6.02. The summed E-state index contributed by atoms with van der Waals surface area (Å²) in [6, 6.07) is 7.38. The molecule has 1 heterocycles. The van der Waals surface area contributed by atoms with Crippen LogP contribution in [0.15, 0.2) is 41.3 Å². The summed E-state index contributed by atoms with van der Waals surface area (Å²) in [5.41, 5.74) is 0.376. The van der Waals surface area contributed by atoms with Gasteiger partial charge in [-0.05, 0) is 24.3 Å². The van der Waals surface area contributed by atoms with Crippen molar-refractivity contribution in [1.29, 1.82) is 0 Å². The highest BCUT2D eigenvalue weighted by Crippen LogP contribution is 2.23. The number of hydrogen-bond donors (Lipinski definition) is 1. The normalized spacial score (nSPS) is 16.8. The highest BCUT2D eigenvalue weighted by atomic mass is 35.5. The SMILES string of the molecule is O=S(=O)(c1c(F)cccc1F)N1CC[NH+](Cc2c(F)cccc2Cl)CC1. The highest BCUT2D eigenvalue weighted by Gasteiger charge is 2.34. The Kier molecular flexibility index (Phi) is 5.57. The molecule has 0 saturated carbocycles. The van der Waals surface area contributed by atoms with Gasteiger partial charge in [0.25, 0.3) is 0 Å². The first-order valence-corrected chi connectivity index (χ1v) is 9.83. The number of benzene rings is 2. The Morgan fingerprint density at radius 1 is 0.962 bits per heavy atom. The molecular formula is C17H17ClF3N2O2S+. The van der Waals surface area contributed by atoms with Gasteiger partial charge in [-0.25, -0.2) is 21.6 Å². The van der Waals surface area contributed by atoms with E-state index in [2.05, 4.69) is 0 Å². The van der Waals surface area contributed by atoms with Crippen molar-refractivity contribution in [2.24, 2.45) is 0 Å². The van der Waals surface area contributed by atoms with E-state index in [1.807, 2.05) is 0 Å². The largest absolute Gasteiger partial charge is 0.329 e. The highest BCUT2D eigenvalue weighted by molar-refractivity contribution is 7.89. The minimum absolute atomic E-state index is 0.0809. The van der Waals surface area contributed by atoms with Crippen molar-refractivity contribution in [1.82, 2.24) is 4.31 Å². The van der Waals surface area contributed by atoms with Gasteiger partial charge in [0.15, 0.2) is 4.90 Å². The van der Waals surface area contributed by atoms with Gasteiger partial charge in [-0.1, -0.05) is 23.7 Å². The van der Waals surface area contributed by atoms with Crippen LogP contribution in [0, 0.1) is 17.5 Å². The topological polar surface area (TPSA) is 41.8 Å². The maximum absolute atomic E-state index is 13.9. The third kappa shape index (κ3) is 3.73. The summed E-state index contributed by atoms with van der Waals surface area (Å²) in [6.45, 7) is 1.22. The Morgan fingerprint density at radius 2 is 1.50 bits per heavy atom. The van der Waals surface area contributed by atoms with Crippen molar-refractivity contribution in [3.63, 3.8) is 0 Å². The fourth-order valence-corrected chi connectivity index (χ4v) is 4.81. The molecule has 0 spiro atoms. The number of quaternary nitrogens is 1. The molecule has 0 bridgehead atoms. The van der Waals surface area contributed by atoms with Crippen LogP contribution >= 0.6 is 11.6 Å². The standard InChI is InChI=1S/C17H16ClF3N2O2S/c18-13-3-1-4-14(19)12(13)11-22-7-9-23(10-8-22)26(24,25)17-15(20)5-2-6-16(17)21/h1-6H,7-11H2/p+1. The summed E-state index contributed by atoms with van der Waals surface area (Å²) in [7, 11) is -4.27. The third-order valence-corrected chi connectivity index (χ3v) is 6.74. The van der Waals surface area contributed by atoms with E-state index < -0.39 is 32.4 Å². The molecular weight excluding hydrogens is 389 g/mol. The first-order chi connectivity index (χ1) is 12.3. The van der Waals surface area contributed by atoms with Crippen molar-refractivity contribution >= 4 is 21.6 Å². The van der Waals surface area contributed by atoms with Gasteiger partial charge in [0.2, 0.25) is 10.0 Å². The van der Waals surface area contributed by atoms with Gasteiger partial charge in [0.05, 0.1) is 36.8 Å². The van der Waals surface area contributed by atoms with Gasteiger partial charge in [-0.2, -0.15) is 4.31 Å². The van der Waals surface area contributed by atoms with Crippen LogP contribution in [0.5, 0.6) is 0 Å². The lowest BCUT2D eigenvalue weighted by Crippen LogP contribution is -3.13. The van der Waals surface area contributed by atoms with E-state index in [0.29, 0.717) is 30.2 Å². The zero-order chi connectivity index (χ0) is 18.9. The Hall–Kier alpha value is -1.61. The molecule has 0 aliphatic carbocycles. The monoisotopic (exact) mass is 405 g/mol. The summed E-state index contributed by atoms with van der Waals surface area (Å²) in [5.74, 6) is -2.63. The molecule has 1 N–H and O–H groups in total. The van der Waals surface area contributed by atoms with E-state index in [4.69, 9.17) is 11.6 Å². The molecule has 26 heavy (non-hydrogen) atoms. The second kappa shape index (κ2) is 7.56. The molecule has 0 unspecified atom stereocenters. The minimum Gasteiger partial charge on any atom is -0.329 e. The van der Waals surface area contributed by atoms with E-state index >= 15 is 0 Å². The van der Waals surface area contributed by atoms with Crippen LogP contribution in [0.4, 0.5) is 13.2 Å². The smallest absolute Gasteiger partial charge is 0.249 e. The van der Waals surface area contributed by atoms with Crippen LogP contribution in [0.25, 0.3) is 0 Å². The number of sulfonamides is 1. The van der Waals surface area contributed by atoms with Crippen molar-refractivity contribution in [2.75, 3.05) is 26.2 Å². The van der Waals surface area contributed by atoms with Crippen molar-refractivity contribution in [3.05, 3.63) is 64.4 Å². The Labute approximate surface area is 154 Å². The zero-order valence-electron chi connectivity index (χ0n) is 13.7. The summed E-state index contributed by atoms with van der Waals surface area (Å²) in [4.78, 5) is 0.0121. The molecule has 140 valence electrons. The lowest BCUT2D eigenvalue weighted by Gasteiger charge is -2.31. The quantitative estimate of drug-likeness (QED) is 0.843. The van der Waals surface area contributed by atoms with Gasteiger partial charge in [-0.3, -0.25) is 0 Å². The third-order valence-electron chi connectivity index (χ3n) is 4.43. The predicted molar refractivity (Wildman–Crippen MR) is 90.9 cm³/mol. The van der Waals surface area contributed by atoms with Gasteiger partial charge in [0.1, 0.15) is 24.0 Å². The van der Waals surface area contributed by atoms with Crippen LogP contribution in [0.3, 0.4) is 0 Å². The molecule has 9 heteroatoms. The fourth-order valence-electron chi connectivity index (χ4n) is 3.03. The van der Waals surface area contributed by atoms with Crippen molar-refractivity contribution in [3.8, 4) is 0 Å². The molecule has 1 fully saturated rings. The summed E-state index contributed by atoms with van der Waals surface area (Å²) < 4.78 is 67.8. The minimum atomic E-state index is -4.27. The lowest BCUT2D eigenvalue weighted by molar-refractivity contribution is -0.917. The zero-order valence-corrected chi connectivity index (χ0v) is 15.3. The molecule has 1 aliphatic rings. The van der Waals surface area contributed by atoms with E-state index in [-0.39, 0.29) is 13.1 Å². The molecule has 2 aromatic rings. The second-order valence-corrected chi connectivity index (χ2v) is 8.36. The fraction of sp³-hybridized carbons (Fsp3) is 0.294. The van der Waals surface area contributed by atoms with Crippen LogP contribution in [0.1, 0.15) is 5.56 Å². The number of piperazine rings is 1. The number of nitrogens with one attached hydrogen (secondary N) is 1. The van der Waals surface area contributed by atoms with Crippen LogP contribution in [-0.2, 0) is 16.6 Å². The van der Waals surface area contributed by atoms with Crippen LogP contribution in [0.2, 0.25) is 5.02 Å². The van der Waals surface area contributed by atoms with E-state index in [1.165, 1.54) is 12.1 Å². The maximum Gasteiger partial charge on any atom is 0.249 e. The molecule has 0 amide bonds. The molecule has 3 rings (SSSR count). The average molecular weight is 406 g/mol. The first-order valence-electron chi connectivity index (χ1n) is 8.01. The Bertz CT molecular complexity index is 876. The van der Waals surface area contributed by atoms with Gasteiger partial charge in [0, 0.05) is 0 Å². The van der Waals surface area contributed by atoms with Gasteiger partial charge >= 0.3 is 0 Å². The van der Waals surface area contributed by atoms with Gasteiger partial charge < -0.3 is 4.90 Å².